The number of allylic oxidation sites excluding steroid dienone is 1. The fourth-order valence-electron chi connectivity index (χ4n) is 2.77. The van der Waals surface area contributed by atoms with E-state index in [9.17, 15) is 14.7 Å². The Bertz CT molecular complexity index is 642. The number of rotatable bonds is 2. The number of aliphatic hydroxyl groups is 1. The van der Waals surface area contributed by atoms with E-state index in [0.29, 0.717) is 39.5 Å². The van der Waals surface area contributed by atoms with E-state index in [1.165, 1.54) is 11.2 Å². The van der Waals surface area contributed by atoms with Crippen molar-refractivity contribution < 1.29 is 38.4 Å². The van der Waals surface area contributed by atoms with Crippen LogP contribution in [-0.4, -0.2) is 103 Å². The average molecular weight is 503 g/mol. The Hall–Kier alpha value is -2.30. The van der Waals surface area contributed by atoms with Gasteiger partial charge in [-0.15, -0.1) is 6.58 Å². The Kier molecular flexibility index (Phi) is 15.3. The highest BCUT2D eigenvalue weighted by atomic mass is 16.6. The number of aliphatic hydroxyl groups excluding tert-OH is 1. The van der Waals surface area contributed by atoms with Gasteiger partial charge in [0, 0.05) is 13.1 Å². The summed E-state index contributed by atoms with van der Waals surface area (Å²) in [6, 6.07) is 0. The van der Waals surface area contributed by atoms with Crippen LogP contribution in [0.3, 0.4) is 0 Å². The molecule has 0 radical (unpaired) electrons. The summed E-state index contributed by atoms with van der Waals surface area (Å²) in [6.07, 6.45) is 1.59. The minimum absolute atomic E-state index is 0.178. The molecule has 10 heteroatoms. The van der Waals surface area contributed by atoms with Crippen molar-refractivity contribution >= 4 is 12.2 Å². The Morgan fingerprint density at radius 1 is 0.886 bits per heavy atom. The third kappa shape index (κ3) is 16.9. The van der Waals surface area contributed by atoms with Gasteiger partial charge in [-0.1, -0.05) is 12.7 Å². The van der Waals surface area contributed by atoms with Crippen molar-refractivity contribution in [3.05, 3.63) is 25.5 Å². The number of nitrogens with zero attached hydrogens (tertiary/aromatic N) is 2. The van der Waals surface area contributed by atoms with Crippen molar-refractivity contribution in [2.45, 2.75) is 71.9 Å². The molecular formula is C25H46N2O8. The fourth-order valence-corrected chi connectivity index (χ4v) is 2.77. The fraction of sp³-hybridized carbons (Fsp3) is 0.760. The van der Waals surface area contributed by atoms with Crippen molar-refractivity contribution in [1.82, 2.24) is 9.80 Å². The first kappa shape index (κ1) is 32.7. The maximum absolute atomic E-state index is 11.9. The average Bonchev–Trinajstić information content (AvgIpc) is 3.07. The van der Waals surface area contributed by atoms with Crippen LogP contribution in [-0.2, 0) is 23.7 Å². The van der Waals surface area contributed by atoms with E-state index < -0.39 is 23.4 Å². The molecule has 2 saturated heterocycles. The SMILES string of the molecule is C=CC.C=COC1COCCN(C(=O)OC(C)(C)C)C1.CC(C)(C)OC(=O)N1CCOCC(O)C1. The van der Waals surface area contributed by atoms with Crippen molar-refractivity contribution in [1.29, 1.82) is 0 Å². The predicted molar refractivity (Wildman–Crippen MR) is 134 cm³/mol. The quantitative estimate of drug-likeness (QED) is 0.451. The zero-order valence-corrected chi connectivity index (χ0v) is 22.6. The summed E-state index contributed by atoms with van der Waals surface area (Å²) < 4.78 is 26.2. The lowest BCUT2D eigenvalue weighted by Crippen LogP contribution is -2.41. The van der Waals surface area contributed by atoms with Crippen LogP contribution < -0.4 is 0 Å². The smallest absolute Gasteiger partial charge is 0.410 e. The Morgan fingerprint density at radius 2 is 1.31 bits per heavy atom. The second kappa shape index (κ2) is 16.4. The first-order valence-corrected chi connectivity index (χ1v) is 11.8. The molecule has 2 rings (SSSR count). The predicted octanol–water partition coefficient (Wildman–Crippen LogP) is 3.59. The lowest BCUT2D eigenvalue weighted by atomic mass is 10.2. The molecule has 0 bridgehead atoms. The van der Waals surface area contributed by atoms with Crippen LogP contribution in [0.15, 0.2) is 25.5 Å². The van der Waals surface area contributed by atoms with Gasteiger partial charge in [0.15, 0.2) is 0 Å². The number of hydrogen-bond donors (Lipinski definition) is 1. The minimum atomic E-state index is -0.625. The van der Waals surface area contributed by atoms with E-state index >= 15 is 0 Å². The Balaban J connectivity index is 0.000000597. The molecule has 2 amide bonds. The van der Waals surface area contributed by atoms with E-state index in [1.807, 2.05) is 48.5 Å². The minimum Gasteiger partial charge on any atom is -0.494 e. The molecular weight excluding hydrogens is 456 g/mol. The number of carbonyl (C=O) groups is 2. The van der Waals surface area contributed by atoms with Crippen LogP contribution in [0.4, 0.5) is 9.59 Å². The number of β-amino-alcohol motifs (C(OH)–C–C–N with tert-alkyl or cyclic N) is 1. The highest BCUT2D eigenvalue weighted by Gasteiger charge is 2.27. The molecule has 0 aromatic rings. The van der Waals surface area contributed by atoms with Gasteiger partial charge in [-0.3, -0.25) is 0 Å². The normalized spacial score (nSPS) is 20.9. The monoisotopic (exact) mass is 502 g/mol. The highest BCUT2D eigenvalue weighted by molar-refractivity contribution is 5.68. The van der Waals surface area contributed by atoms with Gasteiger partial charge >= 0.3 is 12.2 Å². The van der Waals surface area contributed by atoms with Gasteiger partial charge in [0.2, 0.25) is 0 Å². The molecule has 2 atom stereocenters. The topological polar surface area (TPSA) is 107 Å². The molecule has 1 N–H and O–H groups in total. The van der Waals surface area contributed by atoms with Crippen LogP contribution in [0.1, 0.15) is 48.5 Å². The molecule has 2 aliphatic heterocycles. The van der Waals surface area contributed by atoms with Crippen molar-refractivity contribution in [3.8, 4) is 0 Å². The number of hydrogen-bond acceptors (Lipinski definition) is 8. The molecule has 2 fully saturated rings. The summed E-state index contributed by atoms with van der Waals surface area (Å²) in [5.74, 6) is 0. The van der Waals surface area contributed by atoms with Gasteiger partial charge in [0.25, 0.3) is 0 Å². The zero-order chi connectivity index (χ0) is 27.1. The largest absolute Gasteiger partial charge is 0.494 e. The van der Waals surface area contributed by atoms with Gasteiger partial charge in [-0.2, -0.15) is 0 Å². The van der Waals surface area contributed by atoms with Gasteiger partial charge in [0.1, 0.15) is 17.3 Å². The first-order chi connectivity index (χ1) is 16.2. The van der Waals surface area contributed by atoms with Gasteiger partial charge < -0.3 is 38.6 Å². The summed E-state index contributed by atoms with van der Waals surface area (Å²) in [4.78, 5) is 26.6. The molecule has 0 aromatic heterocycles. The van der Waals surface area contributed by atoms with Crippen LogP contribution in [0.5, 0.6) is 0 Å². The van der Waals surface area contributed by atoms with Crippen molar-refractivity contribution in [2.24, 2.45) is 0 Å². The maximum Gasteiger partial charge on any atom is 0.410 e. The van der Waals surface area contributed by atoms with Crippen LogP contribution in [0, 0.1) is 0 Å². The van der Waals surface area contributed by atoms with E-state index in [0.717, 1.165) is 0 Å². The van der Waals surface area contributed by atoms with Gasteiger partial charge in [-0.05, 0) is 48.5 Å². The second-order valence-electron chi connectivity index (χ2n) is 9.99. The highest BCUT2D eigenvalue weighted by Crippen LogP contribution is 2.13. The molecule has 2 unspecified atom stereocenters. The van der Waals surface area contributed by atoms with Crippen LogP contribution >= 0.6 is 0 Å². The Morgan fingerprint density at radius 3 is 1.74 bits per heavy atom. The summed E-state index contributed by atoms with van der Waals surface area (Å²) >= 11 is 0. The van der Waals surface area contributed by atoms with Crippen molar-refractivity contribution in [3.63, 3.8) is 0 Å². The molecule has 204 valence electrons. The summed E-state index contributed by atoms with van der Waals surface area (Å²) in [5.41, 5.74) is -0.992. The lowest BCUT2D eigenvalue weighted by molar-refractivity contribution is 0.0159. The van der Waals surface area contributed by atoms with E-state index in [4.69, 9.17) is 23.7 Å². The second-order valence-corrected chi connectivity index (χ2v) is 9.99. The summed E-state index contributed by atoms with van der Waals surface area (Å²) in [7, 11) is 0. The van der Waals surface area contributed by atoms with Crippen molar-refractivity contribution in [2.75, 3.05) is 52.6 Å². The summed E-state index contributed by atoms with van der Waals surface area (Å²) in [6.45, 7) is 23.1. The summed E-state index contributed by atoms with van der Waals surface area (Å²) in [5, 5.41) is 9.43. The number of amides is 2. The molecule has 0 aliphatic carbocycles. The van der Waals surface area contributed by atoms with E-state index in [1.54, 1.807) is 11.0 Å². The standard InChI is InChI=1S/C12H21NO4.C10H19NO4.C3H6/c1-5-16-10-8-13(6-7-15-9-10)11(14)17-12(2,3)4;1-10(2,3)15-9(13)11-4-5-14-7-8(12)6-11;1-3-2/h5,10H,1,6-9H2,2-4H3;8,12H,4-7H2,1-3H3;3H,1H2,2H3. The molecule has 10 nitrogen and oxygen atoms in total. The Labute approximate surface area is 210 Å². The van der Waals surface area contributed by atoms with E-state index in [-0.39, 0.29) is 25.3 Å². The van der Waals surface area contributed by atoms with Crippen LogP contribution in [0.25, 0.3) is 0 Å². The molecule has 2 heterocycles. The third-order valence-electron chi connectivity index (χ3n) is 4.07. The lowest BCUT2D eigenvalue weighted by Gasteiger charge is -2.27. The molecule has 0 spiro atoms. The number of ether oxygens (including phenoxy) is 5. The number of carbonyl (C=O) groups excluding carboxylic acids is 2. The van der Waals surface area contributed by atoms with Gasteiger partial charge in [-0.25, -0.2) is 9.59 Å². The van der Waals surface area contributed by atoms with Crippen LogP contribution in [0.2, 0.25) is 0 Å². The first-order valence-electron chi connectivity index (χ1n) is 11.8. The maximum atomic E-state index is 11.9. The third-order valence-corrected chi connectivity index (χ3v) is 4.07. The zero-order valence-electron chi connectivity index (χ0n) is 22.6. The van der Waals surface area contributed by atoms with E-state index in [2.05, 4.69) is 13.2 Å². The van der Waals surface area contributed by atoms with Gasteiger partial charge in [0.05, 0.1) is 51.9 Å². The molecule has 35 heavy (non-hydrogen) atoms. The molecule has 0 saturated carbocycles. The molecule has 0 aromatic carbocycles. The molecule has 2 aliphatic rings.